The Bertz CT molecular complexity index is 577. The van der Waals surface area contributed by atoms with Crippen molar-refractivity contribution in [3.63, 3.8) is 0 Å². The van der Waals surface area contributed by atoms with E-state index < -0.39 is 0 Å². The smallest absolute Gasteiger partial charge is 0.0494 e. The average molecular weight is 287 g/mol. The molecule has 3 atom stereocenters. The highest BCUT2D eigenvalue weighted by atomic mass is 35.5. The first-order chi connectivity index (χ1) is 9.69. The van der Waals surface area contributed by atoms with Gasteiger partial charge in [-0.3, -0.25) is 11.3 Å². The van der Waals surface area contributed by atoms with Crippen molar-refractivity contribution >= 4 is 11.6 Å². The summed E-state index contributed by atoms with van der Waals surface area (Å²) in [6, 6.07) is 17.0. The third kappa shape index (κ3) is 2.73. The molecule has 3 rings (SSSR count). The van der Waals surface area contributed by atoms with E-state index in [1.807, 2.05) is 12.1 Å². The Balaban J connectivity index is 1.82. The molecule has 2 aromatic rings. The molecule has 0 aromatic heterocycles. The van der Waals surface area contributed by atoms with Crippen LogP contribution in [0.3, 0.4) is 0 Å². The lowest BCUT2D eigenvalue weighted by atomic mass is 9.98. The zero-order valence-electron chi connectivity index (χ0n) is 11.5. The summed E-state index contributed by atoms with van der Waals surface area (Å²) < 4.78 is 0. The Morgan fingerprint density at radius 2 is 1.95 bits per heavy atom. The molecule has 0 radical (unpaired) electrons. The largest absolute Gasteiger partial charge is 0.271 e. The molecule has 0 spiro atoms. The predicted molar refractivity (Wildman–Crippen MR) is 83.5 cm³/mol. The van der Waals surface area contributed by atoms with Gasteiger partial charge in [0.25, 0.3) is 0 Å². The van der Waals surface area contributed by atoms with E-state index in [4.69, 9.17) is 17.4 Å². The van der Waals surface area contributed by atoms with Crippen LogP contribution < -0.4 is 11.3 Å². The summed E-state index contributed by atoms with van der Waals surface area (Å²) in [6.45, 7) is 2.06. The van der Waals surface area contributed by atoms with Crippen LogP contribution in [0, 0.1) is 12.8 Å². The van der Waals surface area contributed by atoms with Crippen LogP contribution in [0.4, 0.5) is 0 Å². The second-order valence-electron chi connectivity index (χ2n) is 5.62. The first-order valence-corrected chi connectivity index (χ1v) is 7.35. The Kier molecular flexibility index (Phi) is 3.79. The summed E-state index contributed by atoms with van der Waals surface area (Å²) in [4.78, 5) is 0. The highest BCUT2D eigenvalue weighted by Crippen LogP contribution is 2.53. The van der Waals surface area contributed by atoms with Crippen molar-refractivity contribution in [3.05, 3.63) is 70.2 Å². The van der Waals surface area contributed by atoms with Crippen LogP contribution in [0.25, 0.3) is 0 Å². The third-order valence-corrected chi connectivity index (χ3v) is 4.32. The minimum atomic E-state index is 0.164. The maximum atomic E-state index is 6.16. The number of benzene rings is 2. The third-order valence-electron chi connectivity index (χ3n) is 4.10. The fraction of sp³-hybridized carbons (Fsp3) is 0.294. The standard InChI is InChI=1S/C17H19ClN2/c1-11-7-13(9-14(18)8-11)17(20-19)16-10-15(16)12-5-3-2-4-6-12/h2-9,15-17,20H,10,19H2,1H3. The number of halogens is 1. The Labute approximate surface area is 124 Å². The summed E-state index contributed by atoms with van der Waals surface area (Å²) >= 11 is 6.16. The zero-order chi connectivity index (χ0) is 14.1. The first kappa shape index (κ1) is 13.6. The number of nitrogens with two attached hydrogens (primary N) is 1. The van der Waals surface area contributed by atoms with Gasteiger partial charge in [0.1, 0.15) is 0 Å². The van der Waals surface area contributed by atoms with Crippen LogP contribution in [0.2, 0.25) is 5.02 Å². The van der Waals surface area contributed by atoms with Crippen LogP contribution in [0.15, 0.2) is 48.5 Å². The number of hydrogen-bond donors (Lipinski definition) is 2. The number of aryl methyl sites for hydroxylation is 1. The van der Waals surface area contributed by atoms with Gasteiger partial charge in [-0.2, -0.15) is 0 Å². The molecule has 0 heterocycles. The van der Waals surface area contributed by atoms with Crippen LogP contribution in [0.5, 0.6) is 0 Å². The van der Waals surface area contributed by atoms with Crippen molar-refractivity contribution in [2.45, 2.75) is 25.3 Å². The summed E-state index contributed by atoms with van der Waals surface area (Å²) in [7, 11) is 0. The van der Waals surface area contributed by atoms with Crippen molar-refractivity contribution in [2.24, 2.45) is 11.8 Å². The summed E-state index contributed by atoms with van der Waals surface area (Å²) in [5.41, 5.74) is 6.73. The minimum absolute atomic E-state index is 0.164. The van der Waals surface area contributed by atoms with Crippen LogP contribution >= 0.6 is 11.6 Å². The first-order valence-electron chi connectivity index (χ1n) is 6.97. The highest BCUT2D eigenvalue weighted by Gasteiger charge is 2.44. The van der Waals surface area contributed by atoms with Gasteiger partial charge in [-0.1, -0.05) is 48.0 Å². The molecule has 1 saturated carbocycles. The molecule has 0 bridgehead atoms. The molecule has 0 amide bonds. The molecule has 20 heavy (non-hydrogen) atoms. The molecule has 104 valence electrons. The molecular weight excluding hydrogens is 268 g/mol. The van der Waals surface area contributed by atoms with Crippen LogP contribution in [-0.4, -0.2) is 0 Å². The van der Waals surface area contributed by atoms with Gasteiger partial charge in [0.15, 0.2) is 0 Å². The van der Waals surface area contributed by atoms with E-state index in [1.165, 1.54) is 23.1 Å². The maximum Gasteiger partial charge on any atom is 0.0494 e. The Morgan fingerprint density at radius 1 is 1.20 bits per heavy atom. The molecule has 2 aromatic carbocycles. The van der Waals surface area contributed by atoms with E-state index in [0.29, 0.717) is 11.8 Å². The number of nitrogens with one attached hydrogen (secondary N) is 1. The molecule has 1 aliphatic carbocycles. The Morgan fingerprint density at radius 3 is 2.60 bits per heavy atom. The molecule has 1 fully saturated rings. The predicted octanol–water partition coefficient (Wildman–Crippen LogP) is 3.96. The van der Waals surface area contributed by atoms with Crippen LogP contribution in [-0.2, 0) is 0 Å². The van der Waals surface area contributed by atoms with Gasteiger partial charge in [0, 0.05) is 11.1 Å². The summed E-state index contributed by atoms with van der Waals surface area (Å²) in [5, 5.41) is 0.775. The molecule has 0 aliphatic heterocycles. The molecule has 3 N–H and O–H groups in total. The van der Waals surface area contributed by atoms with Gasteiger partial charge >= 0.3 is 0 Å². The van der Waals surface area contributed by atoms with Gasteiger partial charge < -0.3 is 0 Å². The summed E-state index contributed by atoms with van der Waals surface area (Å²) in [5.74, 6) is 6.93. The fourth-order valence-corrected chi connectivity index (χ4v) is 3.38. The van der Waals surface area contributed by atoms with E-state index in [2.05, 4.69) is 48.7 Å². The van der Waals surface area contributed by atoms with E-state index >= 15 is 0 Å². The second-order valence-corrected chi connectivity index (χ2v) is 6.06. The summed E-state index contributed by atoms with van der Waals surface area (Å²) in [6.07, 6.45) is 1.17. The van der Waals surface area contributed by atoms with Gasteiger partial charge in [-0.05, 0) is 54.0 Å². The van der Waals surface area contributed by atoms with Crippen molar-refractivity contribution in [1.29, 1.82) is 0 Å². The molecule has 0 saturated heterocycles. The van der Waals surface area contributed by atoms with Crippen molar-refractivity contribution < 1.29 is 0 Å². The molecular formula is C17H19ClN2. The molecule has 1 aliphatic rings. The Hall–Kier alpha value is -1.35. The second kappa shape index (κ2) is 5.57. The monoisotopic (exact) mass is 286 g/mol. The van der Waals surface area contributed by atoms with Gasteiger partial charge in [0.05, 0.1) is 0 Å². The quantitative estimate of drug-likeness (QED) is 0.659. The molecule has 3 unspecified atom stereocenters. The maximum absolute atomic E-state index is 6.16. The normalized spacial score (nSPS) is 22.6. The lowest BCUT2D eigenvalue weighted by molar-refractivity contribution is 0.487. The zero-order valence-corrected chi connectivity index (χ0v) is 12.3. The van der Waals surface area contributed by atoms with E-state index in [9.17, 15) is 0 Å². The topological polar surface area (TPSA) is 38.0 Å². The number of hydrazine groups is 1. The van der Waals surface area contributed by atoms with Crippen molar-refractivity contribution in [1.82, 2.24) is 5.43 Å². The van der Waals surface area contributed by atoms with Gasteiger partial charge in [0.2, 0.25) is 0 Å². The van der Waals surface area contributed by atoms with Crippen LogP contribution in [0.1, 0.15) is 35.1 Å². The molecule has 2 nitrogen and oxygen atoms in total. The SMILES string of the molecule is Cc1cc(Cl)cc(C(NN)C2CC2c2ccccc2)c1. The van der Waals surface area contributed by atoms with Crippen molar-refractivity contribution in [3.8, 4) is 0 Å². The van der Waals surface area contributed by atoms with E-state index in [-0.39, 0.29) is 6.04 Å². The van der Waals surface area contributed by atoms with Crippen molar-refractivity contribution in [2.75, 3.05) is 0 Å². The fourth-order valence-electron chi connectivity index (χ4n) is 3.08. The lowest BCUT2D eigenvalue weighted by Crippen LogP contribution is -2.30. The number of hydrogen-bond acceptors (Lipinski definition) is 2. The van der Waals surface area contributed by atoms with Gasteiger partial charge in [-0.15, -0.1) is 0 Å². The minimum Gasteiger partial charge on any atom is -0.271 e. The van der Waals surface area contributed by atoms with E-state index in [1.54, 1.807) is 0 Å². The van der Waals surface area contributed by atoms with Gasteiger partial charge in [-0.25, -0.2) is 0 Å². The average Bonchev–Trinajstić information content (AvgIpc) is 3.20. The van der Waals surface area contributed by atoms with E-state index in [0.717, 1.165) is 5.02 Å². The molecule has 3 heteroatoms. The number of rotatable bonds is 4. The highest BCUT2D eigenvalue weighted by molar-refractivity contribution is 6.30. The lowest BCUT2D eigenvalue weighted by Gasteiger charge is -2.17.